The predicted octanol–water partition coefficient (Wildman–Crippen LogP) is 3.98. The highest BCUT2D eigenvalue weighted by Crippen LogP contribution is 2.36. The maximum absolute atomic E-state index is 9.76. The van der Waals surface area contributed by atoms with Gasteiger partial charge in [0, 0.05) is 9.79 Å². The molecule has 2 nitrogen and oxygen atoms in total. The SMILES string of the molecule is OCc1ccccc1Sc1ccc2ccccc2c1CO. The van der Waals surface area contributed by atoms with Gasteiger partial charge in [-0.1, -0.05) is 60.3 Å². The van der Waals surface area contributed by atoms with E-state index in [0.29, 0.717) is 0 Å². The third-order valence-corrected chi connectivity index (χ3v) is 4.74. The molecule has 0 bridgehead atoms. The molecule has 3 aromatic carbocycles. The van der Waals surface area contributed by atoms with Crippen LogP contribution in [0.2, 0.25) is 0 Å². The number of aliphatic hydroxyl groups excluding tert-OH is 2. The molecule has 0 aliphatic heterocycles. The van der Waals surface area contributed by atoms with E-state index in [4.69, 9.17) is 0 Å². The van der Waals surface area contributed by atoms with E-state index in [0.717, 1.165) is 31.7 Å². The molecular formula is C18H16O2S. The van der Waals surface area contributed by atoms with E-state index < -0.39 is 0 Å². The van der Waals surface area contributed by atoms with Crippen LogP contribution in [0, 0.1) is 0 Å². The zero-order chi connectivity index (χ0) is 14.7. The van der Waals surface area contributed by atoms with Crippen molar-refractivity contribution in [3.8, 4) is 0 Å². The van der Waals surface area contributed by atoms with Gasteiger partial charge in [0.25, 0.3) is 0 Å². The molecule has 0 saturated heterocycles. The molecule has 0 fully saturated rings. The van der Waals surface area contributed by atoms with Crippen LogP contribution in [0.25, 0.3) is 10.8 Å². The smallest absolute Gasteiger partial charge is 0.0698 e. The summed E-state index contributed by atoms with van der Waals surface area (Å²) in [5, 5.41) is 21.4. The summed E-state index contributed by atoms with van der Waals surface area (Å²) in [7, 11) is 0. The molecule has 0 saturated carbocycles. The van der Waals surface area contributed by atoms with Crippen LogP contribution in [-0.4, -0.2) is 10.2 Å². The van der Waals surface area contributed by atoms with Gasteiger partial charge in [0.2, 0.25) is 0 Å². The number of fused-ring (bicyclic) bond motifs is 1. The summed E-state index contributed by atoms with van der Waals surface area (Å²) in [5.41, 5.74) is 1.84. The van der Waals surface area contributed by atoms with Crippen molar-refractivity contribution in [2.75, 3.05) is 0 Å². The van der Waals surface area contributed by atoms with Gasteiger partial charge in [-0.25, -0.2) is 0 Å². The minimum atomic E-state index is 0.00494. The number of benzene rings is 3. The summed E-state index contributed by atoms with van der Waals surface area (Å²) in [4.78, 5) is 2.04. The standard InChI is InChI=1S/C18H16O2S/c19-11-14-6-2-4-8-17(14)21-18-10-9-13-5-1-3-7-15(13)16(18)12-20/h1-10,19-20H,11-12H2. The number of hydrogen-bond donors (Lipinski definition) is 2. The number of rotatable bonds is 4. The molecule has 3 heteroatoms. The predicted molar refractivity (Wildman–Crippen MR) is 86.4 cm³/mol. The van der Waals surface area contributed by atoms with Crippen molar-refractivity contribution in [2.45, 2.75) is 23.0 Å². The summed E-state index contributed by atoms with van der Waals surface area (Å²) >= 11 is 1.58. The fraction of sp³-hybridized carbons (Fsp3) is 0.111. The molecule has 21 heavy (non-hydrogen) atoms. The second-order valence-electron chi connectivity index (χ2n) is 4.79. The van der Waals surface area contributed by atoms with E-state index >= 15 is 0 Å². The summed E-state index contributed by atoms with van der Waals surface area (Å²) in [6.07, 6.45) is 0. The van der Waals surface area contributed by atoms with Crippen molar-refractivity contribution >= 4 is 22.5 Å². The van der Waals surface area contributed by atoms with Crippen LogP contribution in [0.4, 0.5) is 0 Å². The molecule has 0 unspecified atom stereocenters. The van der Waals surface area contributed by atoms with Gasteiger partial charge in [0.15, 0.2) is 0 Å². The van der Waals surface area contributed by atoms with Crippen molar-refractivity contribution in [3.63, 3.8) is 0 Å². The highest BCUT2D eigenvalue weighted by atomic mass is 32.2. The third-order valence-electron chi connectivity index (χ3n) is 3.52. The van der Waals surface area contributed by atoms with Gasteiger partial charge >= 0.3 is 0 Å². The maximum atomic E-state index is 9.76. The minimum absolute atomic E-state index is 0.00494. The first-order valence-corrected chi connectivity index (χ1v) is 7.63. The van der Waals surface area contributed by atoms with E-state index in [1.165, 1.54) is 0 Å². The Bertz CT molecular complexity index is 768. The average molecular weight is 296 g/mol. The lowest BCUT2D eigenvalue weighted by molar-refractivity contribution is 0.279. The van der Waals surface area contributed by atoms with Crippen LogP contribution in [0.3, 0.4) is 0 Å². The van der Waals surface area contributed by atoms with E-state index in [2.05, 4.69) is 6.07 Å². The zero-order valence-electron chi connectivity index (χ0n) is 11.5. The van der Waals surface area contributed by atoms with Crippen LogP contribution in [0.5, 0.6) is 0 Å². The van der Waals surface area contributed by atoms with Crippen LogP contribution < -0.4 is 0 Å². The van der Waals surface area contributed by atoms with Gasteiger partial charge in [-0.2, -0.15) is 0 Å². The Kier molecular flexibility index (Phi) is 4.25. The van der Waals surface area contributed by atoms with Gasteiger partial charge in [0.1, 0.15) is 0 Å². The van der Waals surface area contributed by atoms with Gasteiger partial charge < -0.3 is 10.2 Å². The lowest BCUT2D eigenvalue weighted by Crippen LogP contribution is -1.92. The highest BCUT2D eigenvalue weighted by Gasteiger charge is 2.10. The molecule has 0 radical (unpaired) electrons. The lowest BCUT2D eigenvalue weighted by Gasteiger charge is -2.12. The Hall–Kier alpha value is -1.81. The number of hydrogen-bond acceptors (Lipinski definition) is 3. The molecule has 0 amide bonds. The molecule has 0 atom stereocenters. The third kappa shape index (κ3) is 2.81. The maximum Gasteiger partial charge on any atom is 0.0698 e. The number of aliphatic hydroxyl groups is 2. The molecule has 0 aliphatic rings. The van der Waals surface area contributed by atoms with Gasteiger partial charge in [0.05, 0.1) is 13.2 Å². The molecule has 3 aromatic rings. The van der Waals surface area contributed by atoms with E-state index in [1.807, 2.05) is 54.6 Å². The Morgan fingerprint density at radius 1 is 0.714 bits per heavy atom. The normalized spacial score (nSPS) is 11.0. The Labute approximate surface area is 128 Å². The molecule has 106 valence electrons. The first-order chi connectivity index (χ1) is 10.3. The Morgan fingerprint density at radius 3 is 2.29 bits per heavy atom. The zero-order valence-corrected chi connectivity index (χ0v) is 12.3. The van der Waals surface area contributed by atoms with Crippen molar-refractivity contribution in [1.29, 1.82) is 0 Å². The first-order valence-electron chi connectivity index (χ1n) is 6.81. The molecule has 3 rings (SSSR count). The van der Waals surface area contributed by atoms with E-state index in [-0.39, 0.29) is 13.2 Å². The molecule has 0 aromatic heterocycles. The monoisotopic (exact) mass is 296 g/mol. The summed E-state index contributed by atoms with van der Waals surface area (Å²) in [6.45, 7) is 0.0240. The van der Waals surface area contributed by atoms with E-state index in [9.17, 15) is 10.2 Å². The Morgan fingerprint density at radius 2 is 1.48 bits per heavy atom. The second-order valence-corrected chi connectivity index (χ2v) is 5.87. The fourth-order valence-electron chi connectivity index (χ4n) is 2.43. The largest absolute Gasteiger partial charge is 0.392 e. The van der Waals surface area contributed by atoms with Crippen LogP contribution in [-0.2, 0) is 13.2 Å². The van der Waals surface area contributed by atoms with Crippen LogP contribution in [0.15, 0.2) is 70.5 Å². The topological polar surface area (TPSA) is 40.5 Å². The van der Waals surface area contributed by atoms with Crippen molar-refractivity contribution in [3.05, 3.63) is 71.8 Å². The van der Waals surface area contributed by atoms with Crippen LogP contribution in [0.1, 0.15) is 11.1 Å². The van der Waals surface area contributed by atoms with Crippen molar-refractivity contribution in [1.82, 2.24) is 0 Å². The van der Waals surface area contributed by atoms with E-state index in [1.54, 1.807) is 11.8 Å². The van der Waals surface area contributed by atoms with Crippen molar-refractivity contribution in [2.24, 2.45) is 0 Å². The lowest BCUT2D eigenvalue weighted by atomic mass is 10.1. The fourth-order valence-corrected chi connectivity index (χ4v) is 3.51. The minimum Gasteiger partial charge on any atom is -0.392 e. The summed E-state index contributed by atoms with van der Waals surface area (Å²) in [6, 6.07) is 20.0. The second kappa shape index (κ2) is 6.31. The first kappa shape index (κ1) is 14.1. The molecule has 0 spiro atoms. The molecular weight excluding hydrogens is 280 g/mol. The Balaban J connectivity index is 2.08. The summed E-state index contributed by atoms with van der Waals surface area (Å²) in [5.74, 6) is 0. The molecule has 0 heterocycles. The highest BCUT2D eigenvalue weighted by molar-refractivity contribution is 7.99. The summed E-state index contributed by atoms with van der Waals surface area (Å²) < 4.78 is 0. The van der Waals surface area contributed by atoms with Gasteiger partial charge in [-0.15, -0.1) is 0 Å². The van der Waals surface area contributed by atoms with Crippen molar-refractivity contribution < 1.29 is 10.2 Å². The average Bonchev–Trinajstić information content (AvgIpc) is 2.55. The quantitative estimate of drug-likeness (QED) is 0.765. The molecule has 0 aliphatic carbocycles. The molecule has 2 N–H and O–H groups in total. The van der Waals surface area contributed by atoms with Crippen LogP contribution >= 0.6 is 11.8 Å². The van der Waals surface area contributed by atoms with Gasteiger partial charge in [-0.05, 0) is 34.0 Å². The van der Waals surface area contributed by atoms with Gasteiger partial charge in [-0.3, -0.25) is 0 Å².